The maximum absolute atomic E-state index is 13.6. The number of ether oxygens (including phenoxy) is 1. The van der Waals surface area contributed by atoms with E-state index < -0.39 is 0 Å². The highest BCUT2D eigenvalue weighted by molar-refractivity contribution is 14.0. The van der Waals surface area contributed by atoms with Crippen molar-refractivity contribution in [3.8, 4) is 5.75 Å². The third-order valence-electron chi connectivity index (χ3n) is 3.11. The summed E-state index contributed by atoms with van der Waals surface area (Å²) in [7, 11) is 0. The zero-order valence-corrected chi connectivity index (χ0v) is 18.2. The van der Waals surface area contributed by atoms with Crippen LogP contribution in [0, 0.1) is 5.82 Å². The summed E-state index contributed by atoms with van der Waals surface area (Å²) in [6, 6.07) is 6.42. The Morgan fingerprint density at radius 2 is 1.92 bits per heavy atom. The van der Waals surface area contributed by atoms with Gasteiger partial charge in [0.15, 0.2) is 17.5 Å². The first-order valence-corrected chi connectivity index (χ1v) is 8.65. The molecule has 0 aliphatic carbocycles. The Labute approximate surface area is 172 Å². The van der Waals surface area contributed by atoms with Gasteiger partial charge in [0.2, 0.25) is 5.91 Å². The van der Waals surface area contributed by atoms with Gasteiger partial charge in [-0.2, -0.15) is 0 Å². The van der Waals surface area contributed by atoms with Crippen molar-refractivity contribution in [2.45, 2.75) is 46.3 Å². The zero-order valence-electron chi connectivity index (χ0n) is 15.8. The van der Waals surface area contributed by atoms with Crippen molar-refractivity contribution >= 4 is 35.8 Å². The molecule has 0 bridgehead atoms. The van der Waals surface area contributed by atoms with Gasteiger partial charge in [-0.3, -0.25) is 4.79 Å². The SMILES string of the molecule is CCNC(=NCC(C)Oc1ccccc1F)NCCC(=O)NC(C)C.I. The summed E-state index contributed by atoms with van der Waals surface area (Å²) in [5.41, 5.74) is 0. The molecule has 1 rings (SSSR count). The van der Waals surface area contributed by atoms with E-state index in [0.717, 1.165) is 0 Å². The predicted molar refractivity (Wildman–Crippen MR) is 114 cm³/mol. The third kappa shape index (κ3) is 10.4. The fraction of sp³-hybridized carbons (Fsp3) is 0.556. The number of halogens is 2. The van der Waals surface area contributed by atoms with Crippen LogP contribution < -0.4 is 20.7 Å². The molecule has 0 heterocycles. The van der Waals surface area contributed by atoms with Gasteiger partial charge in [0, 0.05) is 25.6 Å². The van der Waals surface area contributed by atoms with Crippen molar-refractivity contribution in [3.05, 3.63) is 30.1 Å². The summed E-state index contributed by atoms with van der Waals surface area (Å²) in [6.07, 6.45) is 0.0840. The van der Waals surface area contributed by atoms with E-state index in [4.69, 9.17) is 4.74 Å². The van der Waals surface area contributed by atoms with Crippen LogP contribution in [0.25, 0.3) is 0 Å². The molecule has 0 radical (unpaired) electrons. The van der Waals surface area contributed by atoms with Crippen molar-refractivity contribution in [1.29, 1.82) is 0 Å². The Balaban J connectivity index is 0.00000625. The molecule has 148 valence electrons. The van der Waals surface area contributed by atoms with Gasteiger partial charge in [0.1, 0.15) is 6.10 Å². The molecule has 26 heavy (non-hydrogen) atoms. The second-order valence-electron chi connectivity index (χ2n) is 5.98. The summed E-state index contributed by atoms with van der Waals surface area (Å²) in [5.74, 6) is 0.423. The fourth-order valence-electron chi connectivity index (χ4n) is 2.04. The molecule has 1 unspecified atom stereocenters. The number of amides is 1. The van der Waals surface area contributed by atoms with Crippen LogP contribution in [0.5, 0.6) is 5.75 Å². The molecule has 1 aromatic carbocycles. The van der Waals surface area contributed by atoms with E-state index in [1.807, 2.05) is 27.7 Å². The van der Waals surface area contributed by atoms with Gasteiger partial charge in [-0.15, -0.1) is 24.0 Å². The number of hydrogen-bond donors (Lipinski definition) is 3. The molecule has 3 N–H and O–H groups in total. The van der Waals surface area contributed by atoms with Crippen LogP contribution in [0.3, 0.4) is 0 Å². The highest BCUT2D eigenvalue weighted by Gasteiger charge is 2.08. The Morgan fingerprint density at radius 3 is 2.54 bits per heavy atom. The number of carbonyl (C=O) groups is 1. The second kappa shape index (κ2) is 13.6. The van der Waals surface area contributed by atoms with Crippen LogP contribution >= 0.6 is 24.0 Å². The van der Waals surface area contributed by atoms with Crippen molar-refractivity contribution in [2.24, 2.45) is 4.99 Å². The largest absolute Gasteiger partial charge is 0.486 e. The molecule has 0 saturated carbocycles. The molecular weight excluding hydrogens is 450 g/mol. The maximum atomic E-state index is 13.6. The van der Waals surface area contributed by atoms with E-state index in [0.29, 0.717) is 32.0 Å². The molecule has 0 saturated heterocycles. The topological polar surface area (TPSA) is 74.8 Å². The number of nitrogens with one attached hydrogen (secondary N) is 3. The number of guanidine groups is 1. The first kappa shape index (κ1) is 24.4. The van der Waals surface area contributed by atoms with Crippen LogP contribution in [0.2, 0.25) is 0 Å². The Kier molecular flexibility index (Phi) is 12.8. The molecule has 1 aromatic rings. The quantitative estimate of drug-likeness (QED) is 0.289. The van der Waals surface area contributed by atoms with Crippen LogP contribution in [-0.2, 0) is 4.79 Å². The summed E-state index contributed by atoms with van der Waals surface area (Å²) < 4.78 is 19.1. The number of para-hydroxylation sites is 1. The van der Waals surface area contributed by atoms with Gasteiger partial charge >= 0.3 is 0 Å². The normalized spacial score (nSPS) is 12.2. The summed E-state index contributed by atoms with van der Waals surface area (Å²) in [5, 5.41) is 9.05. The lowest BCUT2D eigenvalue weighted by Gasteiger charge is -2.15. The van der Waals surface area contributed by atoms with Gasteiger partial charge in [-0.1, -0.05) is 12.1 Å². The fourth-order valence-corrected chi connectivity index (χ4v) is 2.04. The predicted octanol–water partition coefficient (Wildman–Crippen LogP) is 2.68. The minimum Gasteiger partial charge on any atom is -0.486 e. The minimum atomic E-state index is -0.389. The number of benzene rings is 1. The monoisotopic (exact) mass is 480 g/mol. The molecule has 0 spiro atoms. The van der Waals surface area contributed by atoms with Gasteiger partial charge in [-0.05, 0) is 39.8 Å². The number of aliphatic imine (C=N–C) groups is 1. The molecule has 0 aromatic heterocycles. The molecule has 0 fully saturated rings. The first-order chi connectivity index (χ1) is 11.9. The molecule has 6 nitrogen and oxygen atoms in total. The molecular formula is C18H30FIN4O2. The minimum absolute atomic E-state index is 0. The average molecular weight is 480 g/mol. The standard InChI is InChI=1S/C18H29FN4O2.HI/c1-5-20-18(21-11-10-17(24)23-13(2)3)22-12-14(4)25-16-9-7-6-8-15(16)19;/h6-9,13-14H,5,10-12H2,1-4H3,(H,23,24)(H2,20,21,22);1H. The highest BCUT2D eigenvalue weighted by Crippen LogP contribution is 2.16. The van der Waals surface area contributed by atoms with Gasteiger partial charge in [-0.25, -0.2) is 9.38 Å². The lowest BCUT2D eigenvalue weighted by molar-refractivity contribution is -0.121. The van der Waals surface area contributed by atoms with Crippen LogP contribution in [-0.4, -0.2) is 43.6 Å². The van der Waals surface area contributed by atoms with Crippen molar-refractivity contribution in [2.75, 3.05) is 19.6 Å². The third-order valence-corrected chi connectivity index (χ3v) is 3.11. The number of carbonyl (C=O) groups excluding carboxylic acids is 1. The summed E-state index contributed by atoms with van der Waals surface area (Å²) in [6.45, 7) is 9.18. The van der Waals surface area contributed by atoms with E-state index in [9.17, 15) is 9.18 Å². The lowest BCUT2D eigenvalue weighted by Crippen LogP contribution is -2.40. The lowest BCUT2D eigenvalue weighted by atomic mass is 10.3. The summed E-state index contributed by atoms with van der Waals surface area (Å²) >= 11 is 0. The zero-order chi connectivity index (χ0) is 18.7. The van der Waals surface area contributed by atoms with Crippen molar-refractivity contribution in [3.63, 3.8) is 0 Å². The van der Waals surface area contributed by atoms with Gasteiger partial charge in [0.05, 0.1) is 6.54 Å². The Hall–Kier alpha value is -1.58. The van der Waals surface area contributed by atoms with E-state index in [1.165, 1.54) is 6.07 Å². The summed E-state index contributed by atoms with van der Waals surface area (Å²) in [4.78, 5) is 16.0. The average Bonchev–Trinajstić information content (AvgIpc) is 2.54. The van der Waals surface area contributed by atoms with Crippen LogP contribution in [0.4, 0.5) is 4.39 Å². The first-order valence-electron chi connectivity index (χ1n) is 8.65. The molecule has 0 aliphatic rings. The van der Waals surface area contributed by atoms with Gasteiger partial charge in [0.25, 0.3) is 0 Å². The van der Waals surface area contributed by atoms with Crippen molar-refractivity contribution < 1.29 is 13.9 Å². The second-order valence-corrected chi connectivity index (χ2v) is 5.98. The molecule has 1 atom stereocenters. The van der Waals surface area contributed by atoms with Crippen LogP contribution in [0.1, 0.15) is 34.1 Å². The highest BCUT2D eigenvalue weighted by atomic mass is 127. The number of hydrogen-bond acceptors (Lipinski definition) is 3. The maximum Gasteiger partial charge on any atom is 0.221 e. The van der Waals surface area contributed by atoms with E-state index >= 15 is 0 Å². The number of rotatable bonds is 9. The van der Waals surface area contributed by atoms with Crippen LogP contribution in [0.15, 0.2) is 29.3 Å². The van der Waals surface area contributed by atoms with E-state index in [1.54, 1.807) is 18.2 Å². The number of nitrogens with zero attached hydrogens (tertiary/aromatic N) is 1. The molecule has 1 amide bonds. The van der Waals surface area contributed by atoms with Gasteiger partial charge < -0.3 is 20.7 Å². The Morgan fingerprint density at radius 1 is 1.23 bits per heavy atom. The van der Waals surface area contributed by atoms with E-state index in [-0.39, 0.29) is 53.6 Å². The van der Waals surface area contributed by atoms with Crippen molar-refractivity contribution in [1.82, 2.24) is 16.0 Å². The molecule has 8 heteroatoms. The molecule has 0 aliphatic heterocycles. The van der Waals surface area contributed by atoms with E-state index in [2.05, 4.69) is 20.9 Å². The smallest absolute Gasteiger partial charge is 0.221 e. The Bertz CT molecular complexity index is 570.